The van der Waals surface area contributed by atoms with Gasteiger partial charge in [0, 0.05) is 12.0 Å². The quantitative estimate of drug-likeness (QED) is 0.728. The van der Waals surface area contributed by atoms with Gasteiger partial charge < -0.3 is 10.6 Å². The first-order valence-corrected chi connectivity index (χ1v) is 10.8. The fourth-order valence-electron chi connectivity index (χ4n) is 7.10. The van der Waals surface area contributed by atoms with Crippen molar-refractivity contribution in [2.45, 2.75) is 84.1 Å². The molecule has 0 unspecified atom stereocenters. The highest BCUT2D eigenvalue weighted by Gasteiger charge is 2.51. The summed E-state index contributed by atoms with van der Waals surface area (Å²) in [5.41, 5.74) is 0.475. The van der Waals surface area contributed by atoms with Crippen LogP contribution >= 0.6 is 12.2 Å². The lowest BCUT2D eigenvalue weighted by Crippen LogP contribution is -2.62. The fraction of sp³-hybridized carbons (Fsp3) is 0.905. The molecule has 1 amide bonds. The van der Waals surface area contributed by atoms with E-state index in [9.17, 15) is 4.79 Å². The zero-order valence-electron chi connectivity index (χ0n) is 16.1. The summed E-state index contributed by atoms with van der Waals surface area (Å²) >= 11 is 5.53. The predicted octanol–water partition coefficient (Wildman–Crippen LogP) is 4.41. The van der Waals surface area contributed by atoms with E-state index in [-0.39, 0.29) is 11.4 Å². The van der Waals surface area contributed by atoms with Gasteiger partial charge in [0.2, 0.25) is 5.91 Å². The largest absolute Gasteiger partial charge is 0.357 e. The lowest BCUT2D eigenvalue weighted by Gasteiger charge is -2.57. The van der Waals surface area contributed by atoms with Crippen LogP contribution in [0.15, 0.2) is 0 Å². The van der Waals surface area contributed by atoms with Gasteiger partial charge in [0.25, 0.3) is 0 Å². The number of carbonyl (C=O) groups is 1. The maximum atomic E-state index is 12.5. The van der Waals surface area contributed by atoms with Crippen LogP contribution in [0.4, 0.5) is 0 Å². The van der Waals surface area contributed by atoms with Gasteiger partial charge in [0.15, 0.2) is 5.11 Å². The topological polar surface area (TPSA) is 41.1 Å². The molecule has 5 aliphatic rings. The lowest BCUT2D eigenvalue weighted by atomic mass is 9.53. The van der Waals surface area contributed by atoms with E-state index in [1.165, 1.54) is 51.4 Å². The van der Waals surface area contributed by atoms with Crippen LogP contribution in [0.3, 0.4) is 0 Å². The van der Waals surface area contributed by atoms with E-state index < -0.39 is 0 Å². The number of hydrogen-bond donors (Lipinski definition) is 2. The molecule has 0 aromatic carbocycles. The average Bonchev–Trinajstić information content (AvgIpc) is 2.48. The minimum atomic E-state index is 0.106. The van der Waals surface area contributed by atoms with Crippen molar-refractivity contribution in [2.24, 2.45) is 35.0 Å². The van der Waals surface area contributed by atoms with E-state index in [2.05, 4.69) is 31.4 Å². The summed E-state index contributed by atoms with van der Waals surface area (Å²) < 4.78 is 0. The van der Waals surface area contributed by atoms with E-state index in [1.807, 2.05) is 0 Å². The molecule has 140 valence electrons. The Labute approximate surface area is 158 Å². The third-order valence-corrected chi connectivity index (χ3v) is 8.47. The molecule has 5 rings (SSSR count). The molecule has 0 heterocycles. The molecule has 0 spiro atoms. The summed E-state index contributed by atoms with van der Waals surface area (Å²) in [5.74, 6) is 4.04. The van der Waals surface area contributed by atoms with Crippen molar-refractivity contribution in [1.82, 2.24) is 10.6 Å². The Balaban J connectivity index is 1.29. The van der Waals surface area contributed by atoms with Crippen LogP contribution in [0.5, 0.6) is 0 Å². The SMILES string of the molecule is CC[C@H]1C[C@H](CC(=O)NC(=S)NC23CC4CC(CC(C4)C2)C3)C1(C)C. The number of nitrogens with one attached hydrogen (secondary N) is 2. The van der Waals surface area contributed by atoms with Crippen LogP contribution in [0.1, 0.15) is 78.6 Å². The standard InChI is InChI=1S/C21H34N2OS/c1-4-16-8-17(20(16,2)3)9-18(24)22-19(25)23-21-10-13-5-14(11-21)7-15(6-13)12-21/h13-17H,4-12H2,1-3H3,(H2,22,23,24,25)/t13?,14?,15?,16-,17+,21?/m0/s1. The fourth-order valence-corrected chi connectivity index (χ4v) is 7.43. The lowest BCUT2D eigenvalue weighted by molar-refractivity contribution is -0.125. The van der Waals surface area contributed by atoms with E-state index in [0.717, 1.165) is 23.7 Å². The summed E-state index contributed by atoms with van der Waals surface area (Å²) in [7, 11) is 0. The van der Waals surface area contributed by atoms with Gasteiger partial charge in [-0.05, 0) is 92.2 Å². The van der Waals surface area contributed by atoms with Gasteiger partial charge in [-0.15, -0.1) is 0 Å². The van der Waals surface area contributed by atoms with Gasteiger partial charge >= 0.3 is 0 Å². The second-order valence-corrected chi connectivity index (χ2v) is 10.7. The Kier molecular flexibility index (Phi) is 4.41. The Morgan fingerprint density at radius 1 is 1.00 bits per heavy atom. The Morgan fingerprint density at radius 3 is 2.04 bits per heavy atom. The van der Waals surface area contributed by atoms with Gasteiger partial charge in [0.1, 0.15) is 0 Å². The maximum absolute atomic E-state index is 12.5. The average molecular weight is 363 g/mol. The van der Waals surface area contributed by atoms with Crippen molar-refractivity contribution in [3.05, 3.63) is 0 Å². The normalized spacial score (nSPS) is 43.4. The Bertz CT molecular complexity index is 535. The van der Waals surface area contributed by atoms with Gasteiger partial charge in [-0.1, -0.05) is 27.2 Å². The molecule has 25 heavy (non-hydrogen) atoms. The van der Waals surface area contributed by atoms with Crippen LogP contribution in [0.25, 0.3) is 0 Å². The first kappa shape index (κ1) is 17.8. The third kappa shape index (κ3) is 3.24. The van der Waals surface area contributed by atoms with Crippen LogP contribution in [0, 0.1) is 35.0 Å². The molecule has 5 aliphatic carbocycles. The van der Waals surface area contributed by atoms with Crippen LogP contribution < -0.4 is 10.6 Å². The Morgan fingerprint density at radius 2 is 1.56 bits per heavy atom. The van der Waals surface area contributed by atoms with Crippen molar-refractivity contribution in [2.75, 3.05) is 0 Å². The number of amides is 1. The van der Waals surface area contributed by atoms with Crippen molar-refractivity contribution < 1.29 is 4.79 Å². The number of rotatable bonds is 4. The summed E-state index contributed by atoms with van der Waals surface area (Å²) in [6.07, 6.45) is 11.1. The first-order chi connectivity index (χ1) is 11.8. The molecule has 2 atom stereocenters. The summed E-state index contributed by atoms with van der Waals surface area (Å²) in [4.78, 5) is 12.5. The minimum absolute atomic E-state index is 0.106. The predicted molar refractivity (Wildman–Crippen MR) is 105 cm³/mol. The highest BCUT2D eigenvalue weighted by Crippen LogP contribution is 2.56. The van der Waals surface area contributed by atoms with Crippen molar-refractivity contribution in [3.8, 4) is 0 Å². The molecular formula is C21H34N2OS. The second kappa shape index (κ2) is 6.21. The minimum Gasteiger partial charge on any atom is -0.357 e. The smallest absolute Gasteiger partial charge is 0.226 e. The van der Waals surface area contributed by atoms with Gasteiger partial charge in [-0.2, -0.15) is 0 Å². The highest BCUT2D eigenvalue weighted by molar-refractivity contribution is 7.80. The summed E-state index contributed by atoms with van der Waals surface area (Å²) in [6.45, 7) is 6.89. The van der Waals surface area contributed by atoms with Crippen molar-refractivity contribution in [3.63, 3.8) is 0 Å². The molecule has 0 saturated heterocycles. The maximum Gasteiger partial charge on any atom is 0.226 e. The van der Waals surface area contributed by atoms with E-state index in [1.54, 1.807) is 0 Å². The second-order valence-electron chi connectivity index (χ2n) is 10.3. The molecule has 4 heteroatoms. The molecular weight excluding hydrogens is 328 g/mol. The number of thiocarbonyl (C=S) groups is 1. The van der Waals surface area contributed by atoms with Crippen molar-refractivity contribution >= 4 is 23.2 Å². The highest BCUT2D eigenvalue weighted by atomic mass is 32.1. The van der Waals surface area contributed by atoms with Gasteiger partial charge in [0.05, 0.1) is 0 Å². The Hall–Kier alpha value is -0.640. The number of carbonyl (C=O) groups excluding carboxylic acids is 1. The summed E-state index contributed by atoms with van der Waals surface area (Å²) in [5, 5.41) is 7.19. The van der Waals surface area contributed by atoms with Gasteiger partial charge in [-0.3, -0.25) is 4.79 Å². The monoisotopic (exact) mass is 362 g/mol. The van der Waals surface area contributed by atoms with E-state index in [4.69, 9.17) is 12.2 Å². The zero-order chi connectivity index (χ0) is 17.8. The van der Waals surface area contributed by atoms with Crippen LogP contribution in [-0.2, 0) is 4.79 Å². The van der Waals surface area contributed by atoms with E-state index >= 15 is 0 Å². The summed E-state index contributed by atoms with van der Waals surface area (Å²) in [6, 6.07) is 0. The number of hydrogen-bond acceptors (Lipinski definition) is 2. The molecule has 0 aliphatic heterocycles. The zero-order valence-corrected chi connectivity index (χ0v) is 16.9. The van der Waals surface area contributed by atoms with Crippen molar-refractivity contribution in [1.29, 1.82) is 0 Å². The van der Waals surface area contributed by atoms with E-state index in [0.29, 0.717) is 22.9 Å². The molecule has 0 aromatic rings. The van der Waals surface area contributed by atoms with Gasteiger partial charge in [-0.25, -0.2) is 0 Å². The first-order valence-electron chi connectivity index (χ1n) is 10.4. The molecule has 3 nitrogen and oxygen atoms in total. The third-order valence-electron chi connectivity index (χ3n) is 8.27. The molecule has 0 radical (unpaired) electrons. The molecule has 2 N–H and O–H groups in total. The molecule has 5 saturated carbocycles. The molecule has 0 aromatic heterocycles. The van der Waals surface area contributed by atoms with Crippen LogP contribution in [0.2, 0.25) is 0 Å². The van der Waals surface area contributed by atoms with Crippen LogP contribution in [-0.4, -0.2) is 16.6 Å². The molecule has 5 fully saturated rings. The molecule has 4 bridgehead atoms.